The van der Waals surface area contributed by atoms with Crippen molar-refractivity contribution in [1.82, 2.24) is 14.8 Å². The number of aromatic nitrogens is 1. The van der Waals surface area contributed by atoms with Crippen LogP contribution in [-0.2, 0) is 0 Å². The van der Waals surface area contributed by atoms with Crippen LogP contribution < -0.4 is 0 Å². The van der Waals surface area contributed by atoms with Crippen molar-refractivity contribution >= 4 is 17.2 Å². The van der Waals surface area contributed by atoms with E-state index < -0.39 is 0 Å². The summed E-state index contributed by atoms with van der Waals surface area (Å²) >= 11 is 1.61. The van der Waals surface area contributed by atoms with Crippen LogP contribution in [0.2, 0.25) is 0 Å². The maximum absolute atomic E-state index is 12.8. The van der Waals surface area contributed by atoms with Crippen LogP contribution in [-0.4, -0.2) is 51.9 Å². The molecule has 2 unspecified atom stereocenters. The number of carbonyl (C=O) groups excluding carboxylic acids is 1. The van der Waals surface area contributed by atoms with Crippen molar-refractivity contribution in [3.63, 3.8) is 0 Å². The fraction of sp³-hybridized carbons (Fsp3) is 0.765. The first-order valence-corrected chi connectivity index (χ1v) is 9.37. The van der Waals surface area contributed by atoms with Gasteiger partial charge >= 0.3 is 0 Å². The normalized spacial score (nSPS) is 26.0. The van der Waals surface area contributed by atoms with Gasteiger partial charge in [-0.05, 0) is 33.1 Å². The molecular formula is C17H27N3OS. The Morgan fingerprint density at radius 2 is 1.95 bits per heavy atom. The molecule has 5 heteroatoms. The van der Waals surface area contributed by atoms with Crippen LogP contribution in [0.4, 0.5) is 0 Å². The van der Waals surface area contributed by atoms with Gasteiger partial charge < -0.3 is 4.90 Å². The number of nitrogens with zero attached hydrogens (tertiary/aromatic N) is 3. The molecule has 3 rings (SSSR count). The summed E-state index contributed by atoms with van der Waals surface area (Å²) in [7, 11) is 0. The fourth-order valence-corrected chi connectivity index (χ4v) is 4.76. The first kappa shape index (κ1) is 15.9. The summed E-state index contributed by atoms with van der Waals surface area (Å²) in [6, 6.07) is 1.75. The van der Waals surface area contributed by atoms with Crippen LogP contribution in [0.1, 0.15) is 68.4 Å². The van der Waals surface area contributed by atoms with Crippen LogP contribution in [0.5, 0.6) is 0 Å². The molecule has 2 aliphatic heterocycles. The van der Waals surface area contributed by atoms with Gasteiger partial charge in [-0.2, -0.15) is 0 Å². The molecule has 4 nitrogen and oxygen atoms in total. The molecule has 2 saturated heterocycles. The summed E-state index contributed by atoms with van der Waals surface area (Å²) < 4.78 is 0. The lowest BCUT2D eigenvalue weighted by molar-refractivity contribution is 0.0723. The van der Waals surface area contributed by atoms with Gasteiger partial charge in [-0.25, -0.2) is 4.98 Å². The predicted octanol–water partition coefficient (Wildman–Crippen LogP) is 3.35. The number of hydrogen-bond acceptors (Lipinski definition) is 4. The summed E-state index contributed by atoms with van der Waals surface area (Å²) in [4.78, 5) is 22.0. The third-order valence-corrected chi connectivity index (χ3v) is 6.10. The van der Waals surface area contributed by atoms with E-state index in [-0.39, 0.29) is 5.91 Å². The molecule has 1 amide bonds. The molecule has 3 heterocycles. The van der Waals surface area contributed by atoms with Gasteiger partial charge in [-0.3, -0.25) is 9.69 Å². The standard InChI is InChI=1S/C17H27N3OS/c1-11(2)16-18-15(10-22-16)17(21)19-8-7-13-5-6-14(9-19)20(13)12(3)4/h10-14H,5-9H2,1-4H3. The minimum Gasteiger partial charge on any atom is -0.336 e. The van der Waals surface area contributed by atoms with Gasteiger partial charge in [-0.1, -0.05) is 13.8 Å². The molecule has 1 aromatic heterocycles. The van der Waals surface area contributed by atoms with Crippen molar-refractivity contribution in [2.75, 3.05) is 13.1 Å². The van der Waals surface area contributed by atoms with Crippen LogP contribution in [0.25, 0.3) is 0 Å². The molecule has 0 spiro atoms. The van der Waals surface area contributed by atoms with E-state index in [1.807, 2.05) is 10.3 Å². The lowest BCUT2D eigenvalue weighted by Gasteiger charge is -2.32. The van der Waals surface area contributed by atoms with E-state index in [1.165, 1.54) is 12.8 Å². The summed E-state index contributed by atoms with van der Waals surface area (Å²) in [5, 5.41) is 2.99. The number of thiazole rings is 1. The lowest BCUT2D eigenvalue weighted by Crippen LogP contribution is -2.44. The molecule has 2 fully saturated rings. The third kappa shape index (κ3) is 2.93. The van der Waals surface area contributed by atoms with Crippen molar-refractivity contribution in [2.45, 2.75) is 71.0 Å². The molecule has 22 heavy (non-hydrogen) atoms. The SMILES string of the molecule is CC(C)c1nc(C(=O)N2CCC3CCC(C2)N3C(C)C)cs1. The highest BCUT2D eigenvalue weighted by Gasteiger charge is 2.39. The zero-order valence-electron chi connectivity index (χ0n) is 14.1. The Hall–Kier alpha value is -0.940. The number of likely N-dealkylation sites (tertiary alicyclic amines) is 1. The first-order valence-electron chi connectivity index (χ1n) is 8.49. The zero-order chi connectivity index (χ0) is 15.9. The predicted molar refractivity (Wildman–Crippen MR) is 90.5 cm³/mol. The fourth-order valence-electron chi connectivity index (χ4n) is 3.95. The van der Waals surface area contributed by atoms with Crippen molar-refractivity contribution in [3.8, 4) is 0 Å². The highest BCUT2D eigenvalue weighted by atomic mass is 32.1. The second kappa shape index (κ2) is 6.28. The van der Waals surface area contributed by atoms with Crippen molar-refractivity contribution in [3.05, 3.63) is 16.1 Å². The number of rotatable bonds is 3. The summed E-state index contributed by atoms with van der Waals surface area (Å²) in [6.07, 6.45) is 3.61. The molecular weight excluding hydrogens is 294 g/mol. The van der Waals surface area contributed by atoms with Gasteiger partial charge in [0.15, 0.2) is 0 Å². The molecule has 0 N–H and O–H groups in total. The molecule has 2 bridgehead atoms. The van der Waals surface area contributed by atoms with Crippen molar-refractivity contribution in [2.24, 2.45) is 0 Å². The summed E-state index contributed by atoms with van der Waals surface area (Å²) in [5.74, 6) is 0.516. The van der Waals surface area contributed by atoms with E-state index in [0.717, 1.165) is 24.5 Å². The van der Waals surface area contributed by atoms with E-state index in [2.05, 4.69) is 37.6 Å². The largest absolute Gasteiger partial charge is 0.336 e. The molecule has 0 saturated carbocycles. The minimum absolute atomic E-state index is 0.124. The smallest absolute Gasteiger partial charge is 0.273 e. The molecule has 2 aliphatic rings. The highest BCUT2D eigenvalue weighted by molar-refractivity contribution is 7.09. The van der Waals surface area contributed by atoms with E-state index in [1.54, 1.807) is 11.3 Å². The van der Waals surface area contributed by atoms with Crippen molar-refractivity contribution in [1.29, 1.82) is 0 Å². The van der Waals surface area contributed by atoms with Gasteiger partial charge in [0.2, 0.25) is 0 Å². The average Bonchev–Trinajstić information content (AvgIpc) is 3.02. The first-order chi connectivity index (χ1) is 10.5. The second-order valence-corrected chi connectivity index (χ2v) is 8.08. The summed E-state index contributed by atoms with van der Waals surface area (Å²) in [5.41, 5.74) is 0.641. The number of hydrogen-bond donors (Lipinski definition) is 0. The Balaban J connectivity index is 1.74. The Bertz CT molecular complexity index is 540. The monoisotopic (exact) mass is 321 g/mol. The third-order valence-electron chi connectivity index (χ3n) is 4.96. The van der Waals surface area contributed by atoms with Crippen molar-refractivity contribution < 1.29 is 4.79 Å². The molecule has 2 atom stereocenters. The Labute approximate surface area is 137 Å². The highest BCUT2D eigenvalue weighted by Crippen LogP contribution is 2.32. The van der Waals surface area contributed by atoms with Crippen LogP contribution in [0.3, 0.4) is 0 Å². The van der Waals surface area contributed by atoms with E-state index in [4.69, 9.17) is 0 Å². The number of carbonyl (C=O) groups is 1. The molecule has 1 aromatic rings. The van der Waals surface area contributed by atoms with Gasteiger partial charge in [0, 0.05) is 42.5 Å². The maximum atomic E-state index is 12.8. The molecule has 122 valence electrons. The maximum Gasteiger partial charge on any atom is 0.273 e. The Morgan fingerprint density at radius 1 is 1.23 bits per heavy atom. The molecule has 0 aromatic carbocycles. The van der Waals surface area contributed by atoms with E-state index in [9.17, 15) is 4.79 Å². The van der Waals surface area contributed by atoms with E-state index >= 15 is 0 Å². The Kier molecular flexibility index (Phi) is 4.55. The lowest BCUT2D eigenvalue weighted by atomic mass is 10.1. The Morgan fingerprint density at radius 3 is 2.59 bits per heavy atom. The quantitative estimate of drug-likeness (QED) is 0.856. The zero-order valence-corrected chi connectivity index (χ0v) is 14.9. The van der Waals surface area contributed by atoms with Crippen LogP contribution in [0.15, 0.2) is 5.38 Å². The van der Waals surface area contributed by atoms with E-state index in [0.29, 0.717) is 29.7 Å². The van der Waals surface area contributed by atoms with Gasteiger partial charge in [-0.15, -0.1) is 11.3 Å². The average molecular weight is 321 g/mol. The molecule has 0 radical (unpaired) electrons. The van der Waals surface area contributed by atoms with Gasteiger partial charge in [0.05, 0.1) is 5.01 Å². The molecule has 0 aliphatic carbocycles. The minimum atomic E-state index is 0.124. The van der Waals surface area contributed by atoms with Gasteiger partial charge in [0.25, 0.3) is 5.91 Å². The van der Waals surface area contributed by atoms with Crippen LogP contribution >= 0.6 is 11.3 Å². The number of amides is 1. The van der Waals surface area contributed by atoms with Gasteiger partial charge in [0.1, 0.15) is 5.69 Å². The van der Waals surface area contributed by atoms with Crippen LogP contribution in [0, 0.1) is 0 Å². The number of fused-ring (bicyclic) bond motifs is 2. The summed E-state index contributed by atoms with van der Waals surface area (Å²) in [6.45, 7) is 10.5. The topological polar surface area (TPSA) is 36.4 Å². The second-order valence-electron chi connectivity index (χ2n) is 7.19.